The number of halogens is 6. The van der Waals surface area contributed by atoms with Crippen molar-refractivity contribution in [2.45, 2.75) is 63.6 Å². The van der Waals surface area contributed by atoms with E-state index in [1.54, 1.807) is 6.92 Å². The van der Waals surface area contributed by atoms with Crippen molar-refractivity contribution in [1.29, 1.82) is 0 Å². The zero-order valence-corrected chi connectivity index (χ0v) is 26.7. The molecule has 0 aliphatic heterocycles. The van der Waals surface area contributed by atoms with Crippen molar-refractivity contribution in [3.63, 3.8) is 0 Å². The van der Waals surface area contributed by atoms with Gasteiger partial charge in [0, 0.05) is 60.1 Å². The molecule has 0 spiro atoms. The van der Waals surface area contributed by atoms with E-state index in [1.807, 2.05) is 0 Å². The lowest BCUT2D eigenvalue weighted by molar-refractivity contribution is -0.154. The molecule has 4 aromatic heterocycles. The third kappa shape index (κ3) is 9.94. The lowest BCUT2D eigenvalue weighted by Gasteiger charge is -2.36. The first-order valence-electron chi connectivity index (χ1n) is 15.4. The van der Waals surface area contributed by atoms with Crippen LogP contribution in [0.5, 0.6) is 6.01 Å². The van der Waals surface area contributed by atoms with Gasteiger partial charge in [-0.1, -0.05) is 0 Å². The minimum atomic E-state index is -4.57. The van der Waals surface area contributed by atoms with Crippen molar-refractivity contribution < 1.29 is 40.7 Å². The van der Waals surface area contributed by atoms with Gasteiger partial charge in [0.15, 0.2) is 6.61 Å². The lowest BCUT2D eigenvalue weighted by Crippen LogP contribution is -2.46. The zero-order chi connectivity index (χ0) is 36.9. The molecule has 270 valence electrons. The number of hydrogen-bond donors (Lipinski definition) is 2. The molecule has 14 nitrogen and oxygen atoms in total. The highest BCUT2D eigenvalue weighted by Gasteiger charge is 2.35. The molecule has 1 saturated carbocycles. The maximum atomic E-state index is 12.9. The first-order valence-corrected chi connectivity index (χ1v) is 15.4. The molecule has 0 bridgehead atoms. The summed E-state index contributed by atoms with van der Waals surface area (Å²) in [5, 5.41) is 13.9. The van der Waals surface area contributed by atoms with E-state index in [-0.39, 0.29) is 41.1 Å². The van der Waals surface area contributed by atoms with Crippen LogP contribution in [-0.4, -0.2) is 77.9 Å². The Morgan fingerprint density at radius 3 is 2.14 bits per heavy atom. The molecule has 4 heterocycles. The summed E-state index contributed by atoms with van der Waals surface area (Å²) in [6.07, 6.45) is -6.05. The fourth-order valence-electron chi connectivity index (χ4n) is 5.20. The Labute approximate surface area is 283 Å². The lowest BCUT2D eigenvalue weighted by atomic mass is 9.75. The van der Waals surface area contributed by atoms with Gasteiger partial charge in [0.1, 0.15) is 13.1 Å². The molecule has 0 saturated heterocycles. The van der Waals surface area contributed by atoms with Gasteiger partial charge >= 0.3 is 18.4 Å². The van der Waals surface area contributed by atoms with Crippen LogP contribution < -0.4 is 26.5 Å². The van der Waals surface area contributed by atoms with Gasteiger partial charge in [-0.05, 0) is 49.4 Å². The van der Waals surface area contributed by atoms with Crippen molar-refractivity contribution >= 4 is 11.8 Å². The Morgan fingerprint density at radius 2 is 1.51 bits per heavy atom. The van der Waals surface area contributed by atoms with Gasteiger partial charge in [0.25, 0.3) is 11.1 Å². The Morgan fingerprint density at radius 1 is 0.843 bits per heavy atom. The predicted molar refractivity (Wildman–Crippen MR) is 165 cm³/mol. The molecule has 0 aromatic carbocycles. The second kappa shape index (κ2) is 15.1. The summed E-state index contributed by atoms with van der Waals surface area (Å²) < 4.78 is 82.1. The summed E-state index contributed by atoms with van der Waals surface area (Å²) in [6.45, 7) is -0.403. The molecular formula is C31H29F6N9O5. The van der Waals surface area contributed by atoms with Crippen LogP contribution in [0.25, 0.3) is 22.5 Å². The minimum Gasteiger partial charge on any atom is -0.454 e. The van der Waals surface area contributed by atoms with E-state index in [4.69, 9.17) is 0 Å². The Balaban J connectivity index is 1.26. The van der Waals surface area contributed by atoms with Crippen LogP contribution in [0.1, 0.15) is 36.9 Å². The largest absolute Gasteiger partial charge is 0.454 e. The molecule has 1 aliphatic rings. The van der Waals surface area contributed by atoms with E-state index < -0.39 is 60.9 Å². The minimum absolute atomic E-state index is 0.163. The molecular weight excluding hydrogens is 692 g/mol. The van der Waals surface area contributed by atoms with Crippen molar-refractivity contribution in [2.24, 2.45) is 0 Å². The average Bonchev–Trinajstić information content (AvgIpc) is 3.03. The normalized spacial score (nSPS) is 15.9. The first-order chi connectivity index (χ1) is 24.1. The summed E-state index contributed by atoms with van der Waals surface area (Å²) in [6, 6.07) is 5.50. The van der Waals surface area contributed by atoms with Gasteiger partial charge in [0.05, 0.1) is 17.8 Å². The number of amides is 2. The quantitative estimate of drug-likeness (QED) is 0.207. The summed E-state index contributed by atoms with van der Waals surface area (Å²) in [4.78, 5) is 61.8. The molecule has 1 fully saturated rings. The Kier molecular flexibility index (Phi) is 10.8. The number of likely N-dealkylation sites (N-methyl/N-ethyl adjacent to an activating group) is 1. The maximum absolute atomic E-state index is 12.9. The zero-order valence-electron chi connectivity index (χ0n) is 26.7. The van der Waals surface area contributed by atoms with Gasteiger partial charge in [0.2, 0.25) is 11.8 Å². The predicted octanol–water partition coefficient (Wildman–Crippen LogP) is 2.56. The number of alkyl halides is 6. The topological polar surface area (TPSA) is 176 Å². The number of nitrogens with one attached hydrogen (secondary N) is 2. The number of ether oxygens (including phenoxy) is 1. The number of carbonyl (C=O) groups excluding carboxylic acids is 2. The SMILES string of the molecule is CCNC(=O)Cn1nc(-c2ccc(CC(F)(F)F)nc2)c(C2CC(NC(=O)Cn3nc(-c4cnc(OCC(F)(F)F)nc4)ccc3=O)C2)cc1=O. The second-order valence-electron chi connectivity index (χ2n) is 11.5. The number of aromatic nitrogens is 7. The highest BCUT2D eigenvalue weighted by atomic mass is 19.4. The third-order valence-corrected chi connectivity index (χ3v) is 7.57. The number of hydrogen-bond acceptors (Lipinski definition) is 10. The number of nitrogens with zero attached hydrogens (tertiary/aromatic N) is 7. The van der Waals surface area contributed by atoms with Gasteiger partial charge in [-0.2, -0.15) is 36.5 Å². The van der Waals surface area contributed by atoms with Gasteiger partial charge < -0.3 is 15.4 Å². The second-order valence-corrected chi connectivity index (χ2v) is 11.5. The van der Waals surface area contributed by atoms with Crippen molar-refractivity contribution in [2.75, 3.05) is 13.2 Å². The van der Waals surface area contributed by atoms with Crippen molar-refractivity contribution in [3.05, 3.63) is 80.9 Å². The van der Waals surface area contributed by atoms with E-state index in [1.165, 1.54) is 30.5 Å². The van der Waals surface area contributed by atoms with Crippen LogP contribution in [0.3, 0.4) is 0 Å². The Hall–Kier alpha value is -5.69. The van der Waals surface area contributed by atoms with E-state index in [0.29, 0.717) is 30.5 Å². The number of pyridine rings is 1. The summed E-state index contributed by atoms with van der Waals surface area (Å²) in [5.74, 6) is -1.32. The average molecular weight is 722 g/mol. The summed E-state index contributed by atoms with van der Waals surface area (Å²) >= 11 is 0. The van der Waals surface area contributed by atoms with E-state index in [9.17, 15) is 45.5 Å². The van der Waals surface area contributed by atoms with Gasteiger partial charge in [-0.15, -0.1) is 0 Å². The van der Waals surface area contributed by atoms with E-state index >= 15 is 0 Å². The molecule has 0 atom stereocenters. The van der Waals surface area contributed by atoms with Gasteiger partial charge in [-0.3, -0.25) is 24.2 Å². The van der Waals surface area contributed by atoms with Crippen LogP contribution in [0.4, 0.5) is 26.3 Å². The molecule has 2 amide bonds. The molecule has 4 aromatic rings. The highest BCUT2D eigenvalue weighted by Crippen LogP contribution is 2.40. The van der Waals surface area contributed by atoms with Crippen molar-refractivity contribution in [3.8, 4) is 28.5 Å². The molecule has 5 rings (SSSR count). The van der Waals surface area contributed by atoms with Crippen LogP contribution in [-0.2, 0) is 29.1 Å². The fourth-order valence-corrected chi connectivity index (χ4v) is 5.20. The summed E-state index contributed by atoms with van der Waals surface area (Å²) in [7, 11) is 0. The first kappa shape index (κ1) is 36.6. The molecule has 0 unspecified atom stereocenters. The smallest absolute Gasteiger partial charge is 0.422 e. The van der Waals surface area contributed by atoms with Crippen LogP contribution in [0.2, 0.25) is 0 Å². The molecule has 2 N–H and O–H groups in total. The fraction of sp³-hybridized carbons (Fsp3) is 0.387. The van der Waals surface area contributed by atoms with E-state index in [0.717, 1.165) is 27.8 Å². The number of carbonyl (C=O) groups is 2. The van der Waals surface area contributed by atoms with Gasteiger partial charge in [-0.25, -0.2) is 19.3 Å². The van der Waals surface area contributed by atoms with Crippen LogP contribution in [0.15, 0.2) is 58.5 Å². The van der Waals surface area contributed by atoms with E-state index in [2.05, 4.69) is 40.5 Å². The van der Waals surface area contributed by atoms with Crippen molar-refractivity contribution in [1.82, 2.24) is 45.1 Å². The Bertz CT molecular complexity index is 1990. The maximum Gasteiger partial charge on any atom is 0.422 e. The highest BCUT2D eigenvalue weighted by molar-refractivity contribution is 5.76. The molecule has 20 heteroatoms. The van der Waals surface area contributed by atoms with Crippen LogP contribution >= 0.6 is 0 Å². The monoisotopic (exact) mass is 721 g/mol. The standard InChI is InChI=1S/C31H29F6N9O5/c1-2-38-24(47)14-46-27(50)9-22(28(44-46)17-3-4-20(39-11-17)10-30(32,33)34)18-7-21(8-18)42-25(48)15-45-26(49)6-5-23(43-45)19-12-40-29(41-13-19)51-16-31(35,36)37/h3-6,9,11-13,18,21H,2,7-8,10,14-16H2,1H3,(H,38,47)(H,42,48). The van der Waals surface area contributed by atoms with Crippen LogP contribution in [0, 0.1) is 0 Å². The molecule has 1 aliphatic carbocycles. The summed E-state index contributed by atoms with van der Waals surface area (Å²) in [5.41, 5.74) is 0.0478. The molecule has 0 radical (unpaired) electrons. The third-order valence-electron chi connectivity index (χ3n) is 7.57. The molecule has 51 heavy (non-hydrogen) atoms. The number of rotatable bonds is 12.